The normalized spacial score (nSPS) is 11.7. The predicted octanol–water partition coefficient (Wildman–Crippen LogP) is 4.43. The topological polar surface area (TPSA) is 114 Å². The zero-order chi connectivity index (χ0) is 24.3. The molecule has 0 saturated carbocycles. The summed E-state index contributed by atoms with van der Waals surface area (Å²) >= 11 is 7.35. The number of hydrogen-bond donors (Lipinski definition) is 2. The average molecular weight is 497 g/mol. The van der Waals surface area contributed by atoms with Crippen molar-refractivity contribution in [1.29, 1.82) is 0 Å². The van der Waals surface area contributed by atoms with E-state index >= 15 is 0 Å². The number of halogens is 1. The first kappa shape index (κ1) is 24.9. The molecule has 0 saturated heterocycles. The number of carbonyl (C=O) groups is 2. The van der Waals surface area contributed by atoms with E-state index in [9.17, 15) is 19.7 Å². The fraction of sp³-hybridized carbons (Fsp3) is 0.125. The number of amides is 2. The van der Waals surface area contributed by atoms with E-state index in [1.54, 1.807) is 24.3 Å². The van der Waals surface area contributed by atoms with Gasteiger partial charge in [0.15, 0.2) is 0 Å². The number of hydrogen-bond acceptors (Lipinski definition) is 6. The van der Waals surface area contributed by atoms with Crippen LogP contribution in [0.15, 0.2) is 84.0 Å². The quantitative estimate of drug-likeness (QED) is 0.245. The highest BCUT2D eigenvalue weighted by atomic mass is 35.5. The van der Waals surface area contributed by atoms with Crippen molar-refractivity contribution in [3.05, 3.63) is 111 Å². The van der Waals surface area contributed by atoms with E-state index in [0.717, 1.165) is 11.1 Å². The number of nitrogens with one attached hydrogen (secondary N) is 2. The number of benzene rings is 3. The molecule has 8 nitrogen and oxygen atoms in total. The summed E-state index contributed by atoms with van der Waals surface area (Å²) in [4.78, 5) is 35.7. The van der Waals surface area contributed by atoms with Crippen LogP contribution in [0.5, 0.6) is 0 Å². The Balaban J connectivity index is 1.65. The third kappa shape index (κ3) is 7.72. The van der Waals surface area contributed by atoms with Crippen LogP contribution in [0.2, 0.25) is 5.02 Å². The summed E-state index contributed by atoms with van der Waals surface area (Å²) in [5.74, 6) is -0.0415. The van der Waals surface area contributed by atoms with Gasteiger partial charge in [0.05, 0.1) is 11.1 Å². The number of hydrazone groups is 1. The van der Waals surface area contributed by atoms with Crippen molar-refractivity contribution in [2.75, 3.05) is 5.75 Å². The Morgan fingerprint density at radius 1 is 1.03 bits per heavy atom. The number of nitro groups is 1. The molecule has 174 valence electrons. The molecular formula is C24H21ClN4O4S. The Morgan fingerprint density at radius 2 is 1.71 bits per heavy atom. The second kappa shape index (κ2) is 12.5. The van der Waals surface area contributed by atoms with E-state index in [1.807, 2.05) is 30.3 Å². The van der Waals surface area contributed by atoms with E-state index in [2.05, 4.69) is 15.8 Å². The van der Waals surface area contributed by atoms with Gasteiger partial charge in [-0.15, -0.1) is 0 Å². The van der Waals surface area contributed by atoms with Gasteiger partial charge in [0, 0.05) is 34.2 Å². The van der Waals surface area contributed by atoms with Crippen LogP contribution in [0, 0.1) is 10.1 Å². The van der Waals surface area contributed by atoms with Gasteiger partial charge in [0.2, 0.25) is 0 Å². The van der Waals surface area contributed by atoms with Gasteiger partial charge in [0.25, 0.3) is 17.5 Å². The monoisotopic (exact) mass is 496 g/mol. The van der Waals surface area contributed by atoms with Gasteiger partial charge in [-0.2, -0.15) is 16.9 Å². The number of nitrogens with zero attached hydrogens (tertiary/aromatic N) is 2. The summed E-state index contributed by atoms with van der Waals surface area (Å²) in [5, 5.41) is 18.1. The number of nitro benzene ring substituents is 1. The van der Waals surface area contributed by atoms with Gasteiger partial charge in [-0.3, -0.25) is 19.7 Å². The molecule has 0 unspecified atom stereocenters. The van der Waals surface area contributed by atoms with Crippen molar-refractivity contribution in [2.45, 2.75) is 11.8 Å². The number of carbonyl (C=O) groups excluding carboxylic acids is 2. The zero-order valence-electron chi connectivity index (χ0n) is 17.9. The highest BCUT2D eigenvalue weighted by Gasteiger charge is 2.22. The lowest BCUT2D eigenvalue weighted by molar-refractivity contribution is -0.384. The van der Waals surface area contributed by atoms with E-state index in [4.69, 9.17) is 11.6 Å². The summed E-state index contributed by atoms with van der Waals surface area (Å²) in [6, 6.07) is 21.0. The van der Waals surface area contributed by atoms with Crippen LogP contribution in [-0.4, -0.2) is 34.7 Å². The first-order chi connectivity index (χ1) is 16.4. The van der Waals surface area contributed by atoms with Crippen molar-refractivity contribution in [3.63, 3.8) is 0 Å². The molecule has 0 bridgehead atoms. The Hall–Kier alpha value is -3.69. The molecule has 3 aromatic carbocycles. The molecule has 0 fully saturated rings. The lowest BCUT2D eigenvalue weighted by atomic mass is 10.2. The molecule has 0 radical (unpaired) electrons. The minimum Gasteiger partial charge on any atom is -0.339 e. The minimum atomic E-state index is -0.876. The molecule has 0 spiro atoms. The second-order valence-electron chi connectivity index (χ2n) is 7.12. The summed E-state index contributed by atoms with van der Waals surface area (Å²) in [6.07, 6.45) is 1.47. The Bertz CT molecular complexity index is 1160. The van der Waals surface area contributed by atoms with Gasteiger partial charge in [-0.25, -0.2) is 5.43 Å². The highest BCUT2D eigenvalue weighted by Crippen LogP contribution is 2.15. The van der Waals surface area contributed by atoms with E-state index in [0.29, 0.717) is 16.5 Å². The summed E-state index contributed by atoms with van der Waals surface area (Å²) in [5.41, 5.74) is 4.38. The SMILES string of the molecule is O=C(N[C@@H](CSCc1ccccc1)C(=O)NN=Cc1ccc(Cl)cc1)c1ccc([N+](=O)[O-])cc1. The molecule has 1 atom stereocenters. The summed E-state index contributed by atoms with van der Waals surface area (Å²) in [7, 11) is 0. The molecular weight excluding hydrogens is 476 g/mol. The van der Waals surface area contributed by atoms with E-state index < -0.39 is 22.8 Å². The summed E-state index contributed by atoms with van der Waals surface area (Å²) < 4.78 is 0. The standard InChI is InChI=1S/C24H21ClN4O4S/c25-20-10-6-17(7-11-20)14-26-28-24(31)22(16-34-15-18-4-2-1-3-5-18)27-23(30)19-8-12-21(13-9-19)29(32)33/h1-14,22H,15-16H2,(H,27,30)(H,28,31)/t22-/m0/s1. The van der Waals surface area contributed by atoms with Crippen LogP contribution < -0.4 is 10.7 Å². The zero-order valence-corrected chi connectivity index (χ0v) is 19.5. The van der Waals surface area contributed by atoms with Crippen LogP contribution in [0.1, 0.15) is 21.5 Å². The fourth-order valence-electron chi connectivity index (χ4n) is 2.83. The van der Waals surface area contributed by atoms with Gasteiger partial charge in [-0.05, 0) is 35.4 Å². The molecule has 2 amide bonds. The molecule has 0 aliphatic heterocycles. The van der Waals surface area contributed by atoms with Crippen LogP contribution >= 0.6 is 23.4 Å². The van der Waals surface area contributed by atoms with Crippen LogP contribution in [0.4, 0.5) is 5.69 Å². The summed E-state index contributed by atoms with van der Waals surface area (Å²) in [6.45, 7) is 0. The lowest BCUT2D eigenvalue weighted by Crippen LogP contribution is -2.47. The number of rotatable bonds is 10. The van der Waals surface area contributed by atoms with Crippen molar-refractivity contribution < 1.29 is 14.5 Å². The van der Waals surface area contributed by atoms with E-state index in [-0.39, 0.29) is 11.3 Å². The van der Waals surface area contributed by atoms with Crippen LogP contribution in [-0.2, 0) is 10.5 Å². The maximum atomic E-state index is 12.8. The van der Waals surface area contributed by atoms with Crippen molar-refractivity contribution in [3.8, 4) is 0 Å². The first-order valence-electron chi connectivity index (χ1n) is 10.2. The third-order valence-corrected chi connectivity index (χ3v) is 5.98. The Kier molecular flexibility index (Phi) is 9.19. The molecule has 34 heavy (non-hydrogen) atoms. The lowest BCUT2D eigenvalue weighted by Gasteiger charge is -2.17. The van der Waals surface area contributed by atoms with E-state index in [1.165, 1.54) is 42.2 Å². The molecule has 3 aromatic rings. The fourth-order valence-corrected chi connectivity index (χ4v) is 3.97. The van der Waals surface area contributed by atoms with Crippen molar-refractivity contribution in [1.82, 2.24) is 10.7 Å². The largest absolute Gasteiger partial charge is 0.339 e. The average Bonchev–Trinajstić information content (AvgIpc) is 2.85. The highest BCUT2D eigenvalue weighted by molar-refractivity contribution is 7.98. The molecule has 3 rings (SSSR count). The van der Waals surface area contributed by atoms with Crippen LogP contribution in [0.25, 0.3) is 0 Å². The van der Waals surface area contributed by atoms with Gasteiger partial charge < -0.3 is 5.32 Å². The van der Waals surface area contributed by atoms with Crippen molar-refractivity contribution >= 4 is 47.1 Å². The molecule has 0 heterocycles. The Morgan fingerprint density at radius 3 is 2.35 bits per heavy atom. The Labute approximate surface area is 205 Å². The number of non-ortho nitro benzene ring substituents is 1. The smallest absolute Gasteiger partial charge is 0.269 e. The maximum Gasteiger partial charge on any atom is 0.269 e. The maximum absolute atomic E-state index is 12.8. The second-order valence-corrected chi connectivity index (χ2v) is 8.58. The molecule has 2 N–H and O–H groups in total. The van der Waals surface area contributed by atoms with Gasteiger partial charge in [0.1, 0.15) is 6.04 Å². The van der Waals surface area contributed by atoms with Gasteiger partial charge >= 0.3 is 0 Å². The van der Waals surface area contributed by atoms with Crippen LogP contribution in [0.3, 0.4) is 0 Å². The molecule has 10 heteroatoms. The minimum absolute atomic E-state index is 0.124. The predicted molar refractivity (Wildman–Crippen MR) is 134 cm³/mol. The molecule has 0 aliphatic carbocycles. The van der Waals surface area contributed by atoms with Crippen molar-refractivity contribution in [2.24, 2.45) is 5.10 Å². The molecule has 0 aliphatic rings. The van der Waals surface area contributed by atoms with Gasteiger partial charge in [-0.1, -0.05) is 54.1 Å². The molecule has 0 aromatic heterocycles. The third-order valence-electron chi connectivity index (χ3n) is 4.62. The first-order valence-corrected chi connectivity index (χ1v) is 11.7. The number of thioether (sulfide) groups is 1.